The van der Waals surface area contributed by atoms with Gasteiger partial charge in [-0.15, -0.1) is 11.6 Å². The number of rotatable bonds is 3. The number of alkyl halides is 1. The number of thioether (sulfide) groups is 1. The maximum Gasteiger partial charge on any atom is 0.329 e. The van der Waals surface area contributed by atoms with Crippen molar-refractivity contribution in [1.82, 2.24) is 4.98 Å². The number of ether oxygens (including phenoxy) is 1. The second-order valence-electron chi connectivity index (χ2n) is 3.33. The van der Waals surface area contributed by atoms with Crippen molar-refractivity contribution < 1.29 is 9.53 Å². The van der Waals surface area contributed by atoms with Crippen LogP contribution in [0, 0.1) is 0 Å². The second kappa shape index (κ2) is 5.51. The van der Waals surface area contributed by atoms with Crippen LogP contribution in [0.15, 0.2) is 28.3 Å². The first-order chi connectivity index (χ1) is 8.22. The number of fused-ring (bicyclic) bond motifs is 1. The fourth-order valence-corrected chi connectivity index (χ4v) is 2.58. The van der Waals surface area contributed by atoms with Crippen molar-refractivity contribution in [3.8, 4) is 0 Å². The molecule has 0 amide bonds. The molecule has 1 aliphatic heterocycles. The summed E-state index contributed by atoms with van der Waals surface area (Å²) in [6, 6.07) is 3.66. The first kappa shape index (κ1) is 12.4. The van der Waals surface area contributed by atoms with E-state index in [9.17, 15) is 4.79 Å². The number of nitrogens with zero attached hydrogens (tertiary/aromatic N) is 2. The molecule has 6 heteroatoms. The standard InChI is InChI=1S/C11H11ClN2O2S/c1-2-16-11(15)9(12)8-6-17-10-7(14-8)4-3-5-13-10/h3-5,9H,2,6H2,1H3. The minimum atomic E-state index is -0.809. The highest BCUT2D eigenvalue weighted by molar-refractivity contribution is 8.00. The summed E-state index contributed by atoms with van der Waals surface area (Å²) in [6.07, 6.45) is 1.72. The maximum absolute atomic E-state index is 11.5. The molecule has 0 bridgehead atoms. The molecule has 90 valence electrons. The van der Waals surface area contributed by atoms with E-state index in [1.165, 1.54) is 11.8 Å². The van der Waals surface area contributed by atoms with Crippen LogP contribution >= 0.6 is 23.4 Å². The molecule has 0 N–H and O–H groups in total. The summed E-state index contributed by atoms with van der Waals surface area (Å²) in [5.74, 6) is 0.123. The summed E-state index contributed by atoms with van der Waals surface area (Å²) in [7, 11) is 0. The van der Waals surface area contributed by atoms with Crippen LogP contribution in [0.2, 0.25) is 0 Å². The number of hydrogen-bond donors (Lipinski definition) is 0. The Hall–Kier alpha value is -1.07. The average Bonchev–Trinajstić information content (AvgIpc) is 2.37. The van der Waals surface area contributed by atoms with Crippen LogP contribution in [0.3, 0.4) is 0 Å². The average molecular weight is 271 g/mol. The summed E-state index contributed by atoms with van der Waals surface area (Å²) in [4.78, 5) is 20.0. The zero-order chi connectivity index (χ0) is 12.3. The van der Waals surface area contributed by atoms with E-state index >= 15 is 0 Å². The molecule has 1 aromatic rings. The van der Waals surface area contributed by atoms with Gasteiger partial charge in [0.05, 0.1) is 18.0 Å². The van der Waals surface area contributed by atoms with Crippen molar-refractivity contribution in [2.75, 3.05) is 12.4 Å². The highest BCUT2D eigenvalue weighted by Crippen LogP contribution is 2.32. The van der Waals surface area contributed by atoms with Crippen LogP contribution in [0.5, 0.6) is 0 Å². The van der Waals surface area contributed by atoms with Crippen LogP contribution < -0.4 is 0 Å². The Labute approximate surface area is 108 Å². The van der Waals surface area contributed by atoms with Gasteiger partial charge in [0.25, 0.3) is 0 Å². The van der Waals surface area contributed by atoms with Gasteiger partial charge in [-0.2, -0.15) is 0 Å². The Morgan fingerprint density at radius 2 is 2.53 bits per heavy atom. The molecular formula is C11H11ClN2O2S. The van der Waals surface area contributed by atoms with Crippen LogP contribution in [0.25, 0.3) is 0 Å². The monoisotopic (exact) mass is 270 g/mol. The van der Waals surface area contributed by atoms with E-state index in [2.05, 4.69) is 9.98 Å². The fourth-order valence-electron chi connectivity index (χ4n) is 1.39. The third-order valence-corrected chi connectivity index (χ3v) is 3.62. The summed E-state index contributed by atoms with van der Waals surface area (Å²) in [5.41, 5.74) is 1.38. The zero-order valence-electron chi connectivity index (χ0n) is 9.22. The summed E-state index contributed by atoms with van der Waals surface area (Å²) >= 11 is 7.54. The number of carbonyl (C=O) groups is 1. The fraction of sp³-hybridized carbons (Fsp3) is 0.364. The van der Waals surface area contributed by atoms with Crippen LogP contribution in [0.1, 0.15) is 6.92 Å². The maximum atomic E-state index is 11.5. The number of pyridine rings is 1. The second-order valence-corrected chi connectivity index (χ2v) is 4.73. The first-order valence-electron chi connectivity index (χ1n) is 5.18. The van der Waals surface area contributed by atoms with E-state index < -0.39 is 11.3 Å². The minimum Gasteiger partial charge on any atom is -0.465 e. The molecule has 0 aliphatic carbocycles. The first-order valence-corrected chi connectivity index (χ1v) is 6.60. The lowest BCUT2D eigenvalue weighted by molar-refractivity contribution is -0.141. The predicted molar refractivity (Wildman–Crippen MR) is 68.3 cm³/mol. The lowest BCUT2D eigenvalue weighted by Gasteiger charge is -2.16. The molecule has 1 aromatic heterocycles. The highest BCUT2D eigenvalue weighted by Gasteiger charge is 2.26. The molecule has 0 saturated carbocycles. The number of hydrogen-bond acceptors (Lipinski definition) is 5. The Morgan fingerprint density at radius 1 is 1.71 bits per heavy atom. The molecule has 0 fully saturated rings. The van der Waals surface area contributed by atoms with E-state index in [-0.39, 0.29) is 0 Å². The molecule has 4 nitrogen and oxygen atoms in total. The van der Waals surface area contributed by atoms with Crippen molar-refractivity contribution in [1.29, 1.82) is 0 Å². The van der Waals surface area contributed by atoms with Crippen molar-refractivity contribution in [3.05, 3.63) is 18.3 Å². The lowest BCUT2D eigenvalue weighted by atomic mass is 10.3. The topological polar surface area (TPSA) is 51.5 Å². The Kier molecular flexibility index (Phi) is 4.02. The predicted octanol–water partition coefficient (Wildman–Crippen LogP) is 2.43. The molecule has 1 atom stereocenters. The van der Waals surface area contributed by atoms with Crippen molar-refractivity contribution >= 4 is 40.7 Å². The van der Waals surface area contributed by atoms with Gasteiger partial charge in [-0.1, -0.05) is 11.8 Å². The summed E-state index contributed by atoms with van der Waals surface area (Å²) < 4.78 is 4.87. The summed E-state index contributed by atoms with van der Waals surface area (Å²) in [6.45, 7) is 2.07. The normalized spacial score (nSPS) is 15.8. The molecule has 1 unspecified atom stereocenters. The van der Waals surface area contributed by atoms with E-state index in [0.29, 0.717) is 18.1 Å². The van der Waals surface area contributed by atoms with Crippen LogP contribution in [-0.4, -0.2) is 34.4 Å². The molecule has 0 aromatic carbocycles. The molecule has 0 spiro atoms. The van der Waals surface area contributed by atoms with Crippen molar-refractivity contribution in [2.24, 2.45) is 4.99 Å². The van der Waals surface area contributed by atoms with Gasteiger partial charge >= 0.3 is 5.97 Å². The van der Waals surface area contributed by atoms with Gasteiger partial charge < -0.3 is 4.74 Å². The lowest BCUT2D eigenvalue weighted by Crippen LogP contribution is -2.29. The van der Waals surface area contributed by atoms with Crippen LogP contribution in [-0.2, 0) is 9.53 Å². The molecule has 17 heavy (non-hydrogen) atoms. The SMILES string of the molecule is CCOC(=O)C(Cl)C1=Nc2cccnc2SC1. The van der Waals surface area contributed by atoms with Gasteiger partial charge in [-0.25, -0.2) is 4.98 Å². The molecule has 2 heterocycles. The number of halogens is 1. The molecule has 0 saturated heterocycles. The van der Waals surface area contributed by atoms with E-state index in [0.717, 1.165) is 10.7 Å². The third kappa shape index (κ3) is 2.79. The van der Waals surface area contributed by atoms with Gasteiger partial charge in [-0.05, 0) is 19.1 Å². The number of carbonyl (C=O) groups excluding carboxylic acids is 1. The molecule has 0 radical (unpaired) electrons. The number of esters is 1. The van der Waals surface area contributed by atoms with E-state index in [4.69, 9.17) is 16.3 Å². The van der Waals surface area contributed by atoms with Gasteiger partial charge in [0.2, 0.25) is 0 Å². The number of aliphatic imine (C=N–C) groups is 1. The van der Waals surface area contributed by atoms with Gasteiger partial charge in [-0.3, -0.25) is 9.79 Å². The number of aromatic nitrogens is 1. The quantitative estimate of drug-likeness (QED) is 0.625. The smallest absolute Gasteiger partial charge is 0.329 e. The van der Waals surface area contributed by atoms with Crippen molar-refractivity contribution in [2.45, 2.75) is 17.3 Å². The molecule has 1 aliphatic rings. The minimum absolute atomic E-state index is 0.320. The van der Waals surface area contributed by atoms with Crippen LogP contribution in [0.4, 0.5) is 5.69 Å². The van der Waals surface area contributed by atoms with Gasteiger partial charge in [0.1, 0.15) is 5.03 Å². The zero-order valence-corrected chi connectivity index (χ0v) is 10.8. The van der Waals surface area contributed by atoms with E-state index in [1.807, 2.05) is 6.07 Å². The van der Waals surface area contributed by atoms with Gasteiger partial charge in [0.15, 0.2) is 5.38 Å². The summed E-state index contributed by atoms with van der Waals surface area (Å²) in [5, 5.41) is 0.0554. The molecular weight excluding hydrogens is 260 g/mol. The Morgan fingerprint density at radius 3 is 3.29 bits per heavy atom. The third-order valence-electron chi connectivity index (χ3n) is 2.16. The Balaban J connectivity index is 2.19. The Bertz CT molecular complexity index is 465. The van der Waals surface area contributed by atoms with Crippen molar-refractivity contribution in [3.63, 3.8) is 0 Å². The highest BCUT2D eigenvalue weighted by atomic mass is 35.5. The van der Waals surface area contributed by atoms with Gasteiger partial charge in [0, 0.05) is 11.9 Å². The largest absolute Gasteiger partial charge is 0.465 e. The molecule has 2 rings (SSSR count). The van der Waals surface area contributed by atoms with E-state index in [1.54, 1.807) is 19.2 Å².